The summed E-state index contributed by atoms with van der Waals surface area (Å²) in [5.74, 6) is -0.303. The molecular formula is C8H11Cl3O2. The Morgan fingerprint density at radius 3 is 2.08 bits per heavy atom. The third kappa shape index (κ3) is 6.19. The van der Waals surface area contributed by atoms with Gasteiger partial charge in [0.25, 0.3) is 0 Å². The van der Waals surface area contributed by atoms with E-state index in [1.165, 1.54) is 6.92 Å². The maximum Gasteiger partial charge on any atom is 0.307 e. The van der Waals surface area contributed by atoms with Crippen LogP contribution in [0.1, 0.15) is 20.8 Å². The van der Waals surface area contributed by atoms with Crippen molar-refractivity contribution in [2.24, 2.45) is 5.92 Å². The molecule has 13 heavy (non-hydrogen) atoms. The number of esters is 1. The van der Waals surface area contributed by atoms with E-state index < -0.39 is 9.76 Å². The van der Waals surface area contributed by atoms with Crippen LogP contribution >= 0.6 is 34.8 Å². The molecule has 0 aliphatic heterocycles. The van der Waals surface area contributed by atoms with Crippen LogP contribution in [0.4, 0.5) is 0 Å². The van der Waals surface area contributed by atoms with Crippen LogP contribution in [0.3, 0.4) is 0 Å². The first-order valence-electron chi connectivity index (χ1n) is 3.71. The van der Waals surface area contributed by atoms with Crippen molar-refractivity contribution in [3.05, 3.63) is 11.8 Å². The summed E-state index contributed by atoms with van der Waals surface area (Å²) >= 11 is 16.7. The van der Waals surface area contributed by atoms with Gasteiger partial charge in [0, 0.05) is 6.92 Å². The molecule has 2 nitrogen and oxygen atoms in total. The number of hydrogen-bond donors (Lipinski definition) is 0. The Kier molecular flexibility index (Phi) is 5.11. The highest BCUT2D eigenvalue weighted by molar-refractivity contribution is 6.69. The van der Waals surface area contributed by atoms with Crippen molar-refractivity contribution in [2.75, 3.05) is 0 Å². The predicted molar refractivity (Wildman–Crippen MR) is 55.0 cm³/mol. The summed E-state index contributed by atoms with van der Waals surface area (Å²) < 4.78 is 3.07. The van der Waals surface area contributed by atoms with E-state index in [0.717, 1.165) is 0 Å². The van der Waals surface area contributed by atoms with Gasteiger partial charge in [-0.2, -0.15) is 0 Å². The monoisotopic (exact) mass is 244 g/mol. The first-order valence-corrected chi connectivity index (χ1v) is 4.84. The fourth-order valence-corrected chi connectivity index (χ4v) is 0.949. The number of rotatable bonds is 2. The van der Waals surface area contributed by atoms with Crippen LogP contribution in [-0.4, -0.2) is 9.76 Å². The van der Waals surface area contributed by atoms with Crippen molar-refractivity contribution in [1.82, 2.24) is 0 Å². The van der Waals surface area contributed by atoms with E-state index in [1.54, 1.807) is 6.08 Å². The van der Waals surface area contributed by atoms with E-state index >= 15 is 0 Å². The topological polar surface area (TPSA) is 26.3 Å². The molecule has 0 aromatic rings. The van der Waals surface area contributed by atoms with Crippen molar-refractivity contribution in [3.8, 4) is 0 Å². The zero-order valence-corrected chi connectivity index (χ0v) is 9.87. The molecule has 0 radical (unpaired) electrons. The number of alkyl halides is 3. The summed E-state index contributed by atoms with van der Waals surface area (Å²) in [5, 5.41) is 0. The van der Waals surface area contributed by atoms with E-state index in [9.17, 15) is 4.79 Å². The van der Waals surface area contributed by atoms with Gasteiger partial charge in [0.05, 0.1) is 0 Å². The van der Waals surface area contributed by atoms with Gasteiger partial charge >= 0.3 is 5.97 Å². The molecule has 0 amide bonds. The maximum atomic E-state index is 10.6. The van der Waals surface area contributed by atoms with Crippen LogP contribution < -0.4 is 0 Å². The number of allylic oxidation sites excluding steroid dienone is 2. The number of carbonyl (C=O) groups is 1. The largest absolute Gasteiger partial charge is 0.427 e. The van der Waals surface area contributed by atoms with Crippen molar-refractivity contribution >= 4 is 40.8 Å². The SMILES string of the molecule is CC(=O)OC(=CC(C)C)C(Cl)(Cl)Cl. The minimum Gasteiger partial charge on any atom is -0.427 e. The molecule has 0 unspecified atom stereocenters. The van der Waals surface area contributed by atoms with E-state index in [1.807, 2.05) is 13.8 Å². The molecule has 0 aliphatic rings. The van der Waals surface area contributed by atoms with E-state index in [-0.39, 0.29) is 11.7 Å². The average molecular weight is 246 g/mol. The first-order chi connectivity index (χ1) is 5.73. The summed E-state index contributed by atoms with van der Waals surface area (Å²) in [7, 11) is 0. The maximum absolute atomic E-state index is 10.6. The summed E-state index contributed by atoms with van der Waals surface area (Å²) in [4.78, 5) is 10.6. The van der Waals surface area contributed by atoms with Crippen molar-refractivity contribution in [1.29, 1.82) is 0 Å². The zero-order chi connectivity index (χ0) is 10.6. The molecule has 0 atom stereocenters. The fraction of sp³-hybridized carbons (Fsp3) is 0.625. The Morgan fingerprint density at radius 2 is 1.85 bits per heavy atom. The highest BCUT2D eigenvalue weighted by Gasteiger charge is 2.29. The summed E-state index contributed by atoms with van der Waals surface area (Å²) in [5.41, 5.74) is 0. The number of halogens is 3. The summed E-state index contributed by atoms with van der Waals surface area (Å²) in [6, 6.07) is 0. The molecule has 76 valence electrons. The lowest BCUT2D eigenvalue weighted by atomic mass is 10.2. The standard InChI is InChI=1S/C8H11Cl3O2/c1-5(2)4-7(8(9,10)11)13-6(3)12/h4-5H,1-3H3. The smallest absolute Gasteiger partial charge is 0.307 e. The summed E-state index contributed by atoms with van der Waals surface area (Å²) in [6.45, 7) is 5.03. The Bertz CT molecular complexity index is 216. The van der Waals surface area contributed by atoms with Crippen LogP contribution in [0.5, 0.6) is 0 Å². The van der Waals surface area contributed by atoms with E-state index in [4.69, 9.17) is 39.5 Å². The lowest BCUT2D eigenvalue weighted by molar-refractivity contribution is -0.137. The first kappa shape index (κ1) is 13.1. The predicted octanol–water partition coefficient (Wildman–Crippen LogP) is 3.46. The second-order valence-electron chi connectivity index (χ2n) is 2.87. The fourth-order valence-electron chi connectivity index (χ4n) is 0.644. The van der Waals surface area contributed by atoms with Gasteiger partial charge in [0.1, 0.15) is 0 Å². The highest BCUT2D eigenvalue weighted by atomic mass is 35.6. The quantitative estimate of drug-likeness (QED) is 0.423. The van der Waals surface area contributed by atoms with Gasteiger partial charge in [-0.1, -0.05) is 48.7 Å². The lowest BCUT2D eigenvalue weighted by Crippen LogP contribution is -2.14. The molecule has 0 fully saturated rings. The van der Waals surface area contributed by atoms with Gasteiger partial charge in [-0.05, 0) is 12.0 Å². The second kappa shape index (κ2) is 5.08. The molecule has 0 aromatic carbocycles. The molecule has 0 spiro atoms. The molecule has 0 bridgehead atoms. The van der Waals surface area contributed by atoms with E-state index in [0.29, 0.717) is 0 Å². The molecule has 5 heteroatoms. The molecule has 0 aromatic heterocycles. The van der Waals surface area contributed by atoms with Gasteiger partial charge in [-0.25, -0.2) is 0 Å². The van der Waals surface area contributed by atoms with E-state index in [2.05, 4.69) is 0 Å². The average Bonchev–Trinajstić information content (AvgIpc) is 1.81. The normalized spacial score (nSPS) is 13.3. The third-order valence-corrected chi connectivity index (χ3v) is 1.58. The summed E-state index contributed by atoms with van der Waals surface area (Å²) in [6.07, 6.45) is 1.59. The van der Waals surface area contributed by atoms with Crippen molar-refractivity contribution in [2.45, 2.75) is 24.6 Å². The van der Waals surface area contributed by atoms with Gasteiger partial charge in [-0.3, -0.25) is 4.79 Å². The van der Waals surface area contributed by atoms with Gasteiger partial charge in [0.2, 0.25) is 3.79 Å². The molecule has 0 saturated heterocycles. The Labute approximate surface area is 92.8 Å². The van der Waals surface area contributed by atoms with Crippen LogP contribution in [0.15, 0.2) is 11.8 Å². The van der Waals surface area contributed by atoms with Crippen molar-refractivity contribution in [3.63, 3.8) is 0 Å². The number of hydrogen-bond acceptors (Lipinski definition) is 2. The molecule has 0 aliphatic carbocycles. The Balaban J connectivity index is 4.66. The minimum atomic E-state index is -1.68. The zero-order valence-electron chi connectivity index (χ0n) is 7.61. The molecule has 0 N–H and O–H groups in total. The Morgan fingerprint density at radius 1 is 1.38 bits per heavy atom. The lowest BCUT2D eigenvalue weighted by Gasteiger charge is -2.15. The van der Waals surface area contributed by atoms with Crippen LogP contribution in [0.2, 0.25) is 0 Å². The van der Waals surface area contributed by atoms with Gasteiger partial charge in [0.15, 0.2) is 5.76 Å². The molecular weight excluding hydrogens is 234 g/mol. The van der Waals surface area contributed by atoms with Gasteiger partial charge in [-0.15, -0.1) is 0 Å². The van der Waals surface area contributed by atoms with Gasteiger partial charge < -0.3 is 4.74 Å². The second-order valence-corrected chi connectivity index (χ2v) is 5.15. The number of ether oxygens (including phenoxy) is 1. The van der Waals surface area contributed by atoms with Crippen molar-refractivity contribution < 1.29 is 9.53 Å². The third-order valence-electron chi connectivity index (χ3n) is 1.02. The molecule has 0 rings (SSSR count). The highest BCUT2D eigenvalue weighted by Crippen LogP contribution is 2.35. The Hall–Kier alpha value is 0.0800. The van der Waals surface area contributed by atoms with Crippen LogP contribution in [-0.2, 0) is 9.53 Å². The molecule has 0 saturated carbocycles. The minimum absolute atomic E-state index is 0.0556. The number of carbonyl (C=O) groups excluding carboxylic acids is 1. The van der Waals surface area contributed by atoms with Crippen LogP contribution in [0, 0.1) is 5.92 Å². The molecule has 0 heterocycles. The van der Waals surface area contributed by atoms with Crippen LogP contribution in [0.25, 0.3) is 0 Å².